The van der Waals surface area contributed by atoms with Crippen molar-refractivity contribution in [1.29, 1.82) is 0 Å². The van der Waals surface area contributed by atoms with Gasteiger partial charge in [-0.25, -0.2) is 0 Å². The SMILES string of the molecule is O=C1CC(=O)[C@@H]2CC=CC[C@@H]12. The lowest BCUT2D eigenvalue weighted by atomic mass is 9.85. The number of ketones is 2. The lowest BCUT2D eigenvalue weighted by molar-refractivity contribution is -0.122. The molecular formula is C9H10O2. The maximum absolute atomic E-state index is 11.2. The molecule has 0 aromatic heterocycles. The van der Waals surface area contributed by atoms with Gasteiger partial charge in [0.2, 0.25) is 0 Å². The number of hydrogen-bond donors (Lipinski definition) is 0. The molecule has 2 nitrogen and oxygen atoms in total. The van der Waals surface area contributed by atoms with E-state index >= 15 is 0 Å². The summed E-state index contributed by atoms with van der Waals surface area (Å²) in [6.45, 7) is 0. The Hall–Kier alpha value is -0.920. The van der Waals surface area contributed by atoms with Gasteiger partial charge >= 0.3 is 0 Å². The van der Waals surface area contributed by atoms with Crippen LogP contribution in [0.1, 0.15) is 19.3 Å². The third kappa shape index (κ3) is 0.934. The molecule has 0 aromatic rings. The van der Waals surface area contributed by atoms with Crippen molar-refractivity contribution in [1.82, 2.24) is 0 Å². The molecule has 1 saturated carbocycles. The van der Waals surface area contributed by atoms with Crippen LogP contribution in [-0.4, -0.2) is 11.6 Å². The van der Waals surface area contributed by atoms with Gasteiger partial charge in [0.15, 0.2) is 0 Å². The average Bonchev–Trinajstić information content (AvgIpc) is 2.30. The lowest BCUT2D eigenvalue weighted by Crippen LogP contribution is -2.18. The third-order valence-electron chi connectivity index (χ3n) is 2.61. The Bertz CT molecular complexity index is 216. The Morgan fingerprint density at radius 2 is 1.45 bits per heavy atom. The summed E-state index contributed by atoms with van der Waals surface area (Å²) in [5.74, 6) is 0.383. The number of carbonyl (C=O) groups is 2. The van der Waals surface area contributed by atoms with E-state index in [1.54, 1.807) is 0 Å². The van der Waals surface area contributed by atoms with Gasteiger partial charge in [0.1, 0.15) is 11.6 Å². The summed E-state index contributed by atoms with van der Waals surface area (Å²) < 4.78 is 0. The monoisotopic (exact) mass is 150 g/mol. The van der Waals surface area contributed by atoms with Gasteiger partial charge in [0.25, 0.3) is 0 Å². The summed E-state index contributed by atoms with van der Waals surface area (Å²) >= 11 is 0. The standard InChI is InChI=1S/C9H10O2/c10-8-5-9(11)7-4-2-1-3-6(7)8/h1-2,6-7H,3-5H2/t6-,7-/m1/s1. The third-order valence-corrected chi connectivity index (χ3v) is 2.61. The maximum Gasteiger partial charge on any atom is 0.144 e. The predicted molar refractivity (Wildman–Crippen MR) is 40.0 cm³/mol. The second-order valence-electron chi connectivity index (χ2n) is 3.27. The molecule has 0 N–H and O–H groups in total. The molecule has 2 rings (SSSR count). The van der Waals surface area contributed by atoms with Crippen LogP contribution in [0.4, 0.5) is 0 Å². The molecule has 1 fully saturated rings. The van der Waals surface area contributed by atoms with Crippen molar-refractivity contribution in [3.05, 3.63) is 12.2 Å². The predicted octanol–water partition coefficient (Wildman–Crippen LogP) is 1.11. The van der Waals surface area contributed by atoms with E-state index in [9.17, 15) is 9.59 Å². The summed E-state index contributed by atoms with van der Waals surface area (Å²) in [5, 5.41) is 0. The van der Waals surface area contributed by atoms with E-state index in [4.69, 9.17) is 0 Å². The molecular weight excluding hydrogens is 140 g/mol. The van der Waals surface area contributed by atoms with Crippen molar-refractivity contribution >= 4 is 11.6 Å². The number of Topliss-reactive ketones (excluding diaryl/α,β-unsaturated/α-hetero) is 2. The number of hydrogen-bond acceptors (Lipinski definition) is 2. The summed E-state index contributed by atoms with van der Waals surface area (Å²) in [6, 6.07) is 0. The van der Waals surface area contributed by atoms with Gasteiger partial charge < -0.3 is 0 Å². The minimum Gasteiger partial charge on any atom is -0.299 e. The summed E-state index contributed by atoms with van der Waals surface area (Å²) in [4.78, 5) is 22.3. The van der Waals surface area contributed by atoms with Gasteiger partial charge in [-0.05, 0) is 12.8 Å². The number of carbonyl (C=O) groups excluding carboxylic acids is 2. The molecule has 0 bridgehead atoms. The second kappa shape index (κ2) is 2.29. The Balaban J connectivity index is 2.28. The molecule has 2 atom stereocenters. The zero-order chi connectivity index (χ0) is 7.84. The van der Waals surface area contributed by atoms with Gasteiger partial charge in [0, 0.05) is 11.8 Å². The molecule has 2 aliphatic rings. The fourth-order valence-corrected chi connectivity index (χ4v) is 1.96. The van der Waals surface area contributed by atoms with E-state index < -0.39 is 0 Å². The van der Waals surface area contributed by atoms with E-state index in [1.165, 1.54) is 0 Å². The molecule has 0 amide bonds. The van der Waals surface area contributed by atoms with Crippen LogP contribution in [-0.2, 0) is 9.59 Å². The largest absolute Gasteiger partial charge is 0.299 e. The van der Waals surface area contributed by atoms with Crippen LogP contribution in [0.15, 0.2) is 12.2 Å². The molecule has 2 heteroatoms. The molecule has 0 heterocycles. The van der Waals surface area contributed by atoms with Gasteiger partial charge in [-0.15, -0.1) is 0 Å². The quantitative estimate of drug-likeness (QED) is 0.383. The van der Waals surface area contributed by atoms with E-state index in [-0.39, 0.29) is 29.8 Å². The molecule has 0 aliphatic heterocycles. The van der Waals surface area contributed by atoms with Crippen molar-refractivity contribution in [2.45, 2.75) is 19.3 Å². The van der Waals surface area contributed by atoms with Gasteiger partial charge in [-0.1, -0.05) is 12.2 Å². The zero-order valence-corrected chi connectivity index (χ0v) is 6.25. The summed E-state index contributed by atoms with van der Waals surface area (Å²) in [6.07, 6.45) is 5.79. The molecule has 0 saturated heterocycles. The highest BCUT2D eigenvalue weighted by atomic mass is 16.2. The smallest absolute Gasteiger partial charge is 0.144 e. The summed E-state index contributed by atoms with van der Waals surface area (Å²) in [7, 11) is 0. The van der Waals surface area contributed by atoms with Crippen LogP contribution in [0.3, 0.4) is 0 Å². The fourth-order valence-electron chi connectivity index (χ4n) is 1.96. The highest BCUT2D eigenvalue weighted by Gasteiger charge is 2.40. The van der Waals surface area contributed by atoms with Crippen LogP contribution in [0.2, 0.25) is 0 Å². The highest BCUT2D eigenvalue weighted by Crippen LogP contribution is 2.34. The van der Waals surface area contributed by atoms with Crippen molar-refractivity contribution in [3.8, 4) is 0 Å². The van der Waals surface area contributed by atoms with Crippen LogP contribution in [0.25, 0.3) is 0 Å². The summed E-state index contributed by atoms with van der Waals surface area (Å²) in [5.41, 5.74) is 0. The molecule has 0 spiro atoms. The van der Waals surface area contributed by atoms with Gasteiger partial charge in [-0.2, -0.15) is 0 Å². The Morgan fingerprint density at radius 1 is 1.00 bits per heavy atom. The number of fused-ring (bicyclic) bond motifs is 1. The van der Waals surface area contributed by atoms with Crippen molar-refractivity contribution < 1.29 is 9.59 Å². The highest BCUT2D eigenvalue weighted by molar-refractivity contribution is 6.08. The van der Waals surface area contributed by atoms with Crippen molar-refractivity contribution in [2.75, 3.05) is 0 Å². The Morgan fingerprint density at radius 3 is 1.91 bits per heavy atom. The second-order valence-corrected chi connectivity index (χ2v) is 3.27. The Labute approximate surface area is 65.3 Å². The lowest BCUT2D eigenvalue weighted by Gasteiger charge is -2.16. The number of rotatable bonds is 0. The van der Waals surface area contributed by atoms with Gasteiger partial charge in [-0.3, -0.25) is 9.59 Å². The molecule has 11 heavy (non-hydrogen) atoms. The normalized spacial score (nSPS) is 36.0. The molecule has 58 valence electrons. The van der Waals surface area contributed by atoms with Crippen LogP contribution < -0.4 is 0 Å². The van der Waals surface area contributed by atoms with E-state index in [0.717, 1.165) is 12.8 Å². The van der Waals surface area contributed by atoms with Crippen LogP contribution in [0.5, 0.6) is 0 Å². The van der Waals surface area contributed by atoms with E-state index in [1.807, 2.05) is 12.2 Å². The fraction of sp³-hybridized carbons (Fsp3) is 0.556. The topological polar surface area (TPSA) is 34.1 Å². The zero-order valence-electron chi connectivity index (χ0n) is 6.25. The minimum absolute atomic E-state index is 0.0347. The first-order valence-electron chi connectivity index (χ1n) is 3.99. The van der Waals surface area contributed by atoms with E-state index in [2.05, 4.69) is 0 Å². The van der Waals surface area contributed by atoms with Crippen molar-refractivity contribution in [3.63, 3.8) is 0 Å². The minimum atomic E-state index is 0.0347. The molecule has 0 unspecified atom stereocenters. The molecule has 0 radical (unpaired) electrons. The van der Waals surface area contributed by atoms with Crippen LogP contribution >= 0.6 is 0 Å². The van der Waals surface area contributed by atoms with Gasteiger partial charge in [0.05, 0.1) is 6.42 Å². The van der Waals surface area contributed by atoms with E-state index in [0.29, 0.717) is 0 Å². The van der Waals surface area contributed by atoms with Crippen LogP contribution in [0, 0.1) is 11.8 Å². The molecule has 0 aromatic carbocycles. The first-order valence-corrected chi connectivity index (χ1v) is 3.99. The Kier molecular flexibility index (Phi) is 1.41. The average molecular weight is 150 g/mol. The number of allylic oxidation sites excluding steroid dienone is 2. The maximum atomic E-state index is 11.2. The first kappa shape index (κ1) is 6.77. The molecule has 2 aliphatic carbocycles. The van der Waals surface area contributed by atoms with Crippen molar-refractivity contribution in [2.24, 2.45) is 11.8 Å². The first-order chi connectivity index (χ1) is 5.29.